The molecule has 1 aliphatic rings. The Bertz CT molecular complexity index is 2100. The average molecular weight is 711 g/mol. The second kappa shape index (κ2) is 15.8. The Morgan fingerprint density at radius 3 is 2.51 bits per heavy atom. The molecule has 0 saturated carbocycles. The minimum Gasteiger partial charge on any atom is -0.467 e. The van der Waals surface area contributed by atoms with E-state index in [1.165, 1.54) is 7.11 Å². The number of methoxy groups -OCH3 is 1. The number of carbonyl (C=O) groups excluding carboxylic acids is 1. The quantitative estimate of drug-likeness (QED) is 0.104. The summed E-state index contributed by atoms with van der Waals surface area (Å²) in [6.07, 6.45) is 2.36. The molecule has 4 aromatic carbocycles. The van der Waals surface area contributed by atoms with Crippen LogP contribution in [-0.2, 0) is 24.3 Å². The van der Waals surface area contributed by atoms with Crippen molar-refractivity contribution >= 4 is 49.9 Å². The van der Waals surface area contributed by atoms with Crippen molar-refractivity contribution in [3.05, 3.63) is 103 Å². The van der Waals surface area contributed by atoms with Crippen LogP contribution < -0.4 is 19.8 Å². The molecule has 0 spiro atoms. The SMILES string of the molecule is COC(=O)C1C(c2ccccc2)CCN1c1nc(NCCOCCO)ncc1-c1cccc(NS(=O)(=O)c2cccc3c(N(C)C)cccc23)c1. The molecule has 0 radical (unpaired) electrons. The summed E-state index contributed by atoms with van der Waals surface area (Å²) in [5, 5.41) is 13.6. The number of benzene rings is 4. The van der Waals surface area contributed by atoms with Crippen LogP contribution in [0.2, 0.25) is 0 Å². The van der Waals surface area contributed by atoms with Crippen LogP contribution in [0.5, 0.6) is 0 Å². The van der Waals surface area contributed by atoms with Gasteiger partial charge in [0.05, 0.1) is 31.8 Å². The highest BCUT2D eigenvalue weighted by molar-refractivity contribution is 7.93. The van der Waals surface area contributed by atoms with Crippen molar-refractivity contribution in [3.63, 3.8) is 0 Å². The second-order valence-corrected chi connectivity index (χ2v) is 14.0. The van der Waals surface area contributed by atoms with Gasteiger partial charge in [0, 0.05) is 67.0 Å². The molecule has 0 amide bonds. The van der Waals surface area contributed by atoms with Crippen LogP contribution in [0.4, 0.5) is 23.1 Å². The van der Waals surface area contributed by atoms with Crippen molar-refractivity contribution in [2.75, 3.05) is 74.0 Å². The Kier molecular flexibility index (Phi) is 11.0. The van der Waals surface area contributed by atoms with Gasteiger partial charge in [-0.25, -0.2) is 18.2 Å². The Hall–Kier alpha value is -5.24. The lowest BCUT2D eigenvalue weighted by atomic mass is 9.91. The fraction of sp³-hybridized carbons (Fsp3) is 0.289. The van der Waals surface area contributed by atoms with Gasteiger partial charge in [0.25, 0.3) is 10.0 Å². The molecular formula is C38H42N6O6S. The number of ether oxygens (including phenoxy) is 2. The van der Waals surface area contributed by atoms with Gasteiger partial charge in [-0.2, -0.15) is 4.98 Å². The highest BCUT2D eigenvalue weighted by atomic mass is 32.2. The molecule has 51 heavy (non-hydrogen) atoms. The molecule has 5 aromatic rings. The normalized spacial score (nSPS) is 15.9. The van der Waals surface area contributed by atoms with E-state index < -0.39 is 16.1 Å². The molecule has 12 nitrogen and oxygen atoms in total. The zero-order valence-corrected chi connectivity index (χ0v) is 29.6. The number of hydrogen-bond donors (Lipinski definition) is 3. The Morgan fingerprint density at radius 2 is 1.75 bits per heavy atom. The lowest BCUT2D eigenvalue weighted by molar-refractivity contribution is -0.142. The number of nitrogens with one attached hydrogen (secondary N) is 2. The van der Waals surface area contributed by atoms with E-state index in [0.717, 1.165) is 16.6 Å². The first-order valence-electron chi connectivity index (χ1n) is 16.7. The first-order chi connectivity index (χ1) is 24.7. The highest BCUT2D eigenvalue weighted by Gasteiger charge is 2.42. The van der Waals surface area contributed by atoms with Gasteiger partial charge in [-0.05, 0) is 41.8 Å². The van der Waals surface area contributed by atoms with Crippen molar-refractivity contribution in [1.82, 2.24) is 9.97 Å². The molecule has 3 N–H and O–H groups in total. The van der Waals surface area contributed by atoms with Gasteiger partial charge >= 0.3 is 5.97 Å². The van der Waals surface area contributed by atoms with Crippen LogP contribution in [0.15, 0.2) is 102 Å². The van der Waals surface area contributed by atoms with E-state index in [1.807, 2.05) is 84.6 Å². The summed E-state index contributed by atoms with van der Waals surface area (Å²) in [6.45, 7) is 1.40. The molecule has 1 saturated heterocycles. The van der Waals surface area contributed by atoms with Gasteiger partial charge in [0.1, 0.15) is 11.9 Å². The molecular weight excluding hydrogens is 669 g/mol. The summed E-state index contributed by atoms with van der Waals surface area (Å²) in [5.41, 5.74) is 3.56. The van der Waals surface area contributed by atoms with Gasteiger partial charge in [-0.3, -0.25) is 4.72 Å². The lowest BCUT2D eigenvalue weighted by Crippen LogP contribution is -2.40. The van der Waals surface area contributed by atoms with Crippen molar-refractivity contribution in [2.24, 2.45) is 0 Å². The largest absolute Gasteiger partial charge is 0.467 e. The van der Waals surface area contributed by atoms with Gasteiger partial charge in [0.15, 0.2) is 0 Å². The topological polar surface area (TPSA) is 146 Å². The Morgan fingerprint density at radius 1 is 0.980 bits per heavy atom. The van der Waals surface area contributed by atoms with Crippen LogP contribution in [0.1, 0.15) is 17.9 Å². The maximum absolute atomic E-state index is 13.9. The van der Waals surface area contributed by atoms with Gasteiger partial charge in [-0.1, -0.05) is 66.7 Å². The van der Waals surface area contributed by atoms with Crippen LogP contribution in [0, 0.1) is 0 Å². The molecule has 0 aliphatic carbocycles. The molecule has 266 valence electrons. The Labute approximate surface area is 298 Å². The van der Waals surface area contributed by atoms with Crippen molar-refractivity contribution in [2.45, 2.75) is 23.3 Å². The van der Waals surface area contributed by atoms with Crippen molar-refractivity contribution in [3.8, 4) is 11.1 Å². The van der Waals surface area contributed by atoms with Gasteiger partial charge < -0.3 is 29.7 Å². The van der Waals surface area contributed by atoms with Crippen molar-refractivity contribution in [1.29, 1.82) is 0 Å². The summed E-state index contributed by atoms with van der Waals surface area (Å²) >= 11 is 0. The summed E-state index contributed by atoms with van der Waals surface area (Å²) in [4.78, 5) is 27.0. The molecule has 2 unspecified atom stereocenters. The second-order valence-electron chi connectivity index (χ2n) is 12.4. The highest BCUT2D eigenvalue weighted by Crippen LogP contribution is 2.41. The van der Waals surface area contributed by atoms with E-state index in [-0.39, 0.29) is 30.0 Å². The molecule has 2 heterocycles. The predicted molar refractivity (Wildman–Crippen MR) is 200 cm³/mol. The zero-order chi connectivity index (χ0) is 36.0. The molecule has 6 rings (SSSR count). The number of anilines is 4. The first-order valence-corrected chi connectivity index (χ1v) is 18.2. The predicted octanol–water partition coefficient (Wildman–Crippen LogP) is 5.12. The van der Waals surface area contributed by atoms with Crippen molar-refractivity contribution < 1.29 is 27.8 Å². The monoisotopic (exact) mass is 710 g/mol. The van der Waals surface area contributed by atoms with Crippen LogP contribution in [0.25, 0.3) is 21.9 Å². The lowest BCUT2D eigenvalue weighted by Gasteiger charge is -2.29. The molecule has 1 fully saturated rings. The summed E-state index contributed by atoms with van der Waals surface area (Å²) in [6, 6.07) is 27.1. The van der Waals surface area contributed by atoms with Gasteiger partial charge in [-0.15, -0.1) is 0 Å². The number of aliphatic hydroxyl groups is 1. The van der Waals surface area contributed by atoms with E-state index in [1.54, 1.807) is 36.5 Å². The fourth-order valence-electron chi connectivity index (χ4n) is 6.62. The average Bonchev–Trinajstić information content (AvgIpc) is 3.59. The van der Waals surface area contributed by atoms with Crippen LogP contribution in [0.3, 0.4) is 0 Å². The number of sulfonamides is 1. The summed E-state index contributed by atoms with van der Waals surface area (Å²) < 4.78 is 41.3. The minimum atomic E-state index is -4.00. The van der Waals surface area contributed by atoms with E-state index in [2.05, 4.69) is 15.0 Å². The first kappa shape index (κ1) is 35.6. The van der Waals surface area contributed by atoms with Crippen LogP contribution >= 0.6 is 0 Å². The fourth-order valence-corrected chi connectivity index (χ4v) is 7.90. The molecule has 0 bridgehead atoms. The number of hydrogen-bond acceptors (Lipinski definition) is 11. The molecule has 1 aliphatic heterocycles. The minimum absolute atomic E-state index is 0.0731. The number of fused-ring (bicyclic) bond motifs is 1. The number of rotatable bonds is 14. The maximum atomic E-state index is 13.9. The third-order valence-corrected chi connectivity index (χ3v) is 10.4. The van der Waals surface area contributed by atoms with Crippen LogP contribution in [-0.4, -0.2) is 89.6 Å². The third kappa shape index (κ3) is 7.75. The zero-order valence-electron chi connectivity index (χ0n) is 28.8. The molecule has 2 atom stereocenters. The molecule has 13 heteroatoms. The van der Waals surface area contributed by atoms with E-state index in [0.29, 0.717) is 60.1 Å². The smallest absolute Gasteiger partial charge is 0.329 e. The Balaban J connectivity index is 1.37. The number of aliphatic hydroxyl groups excluding tert-OH is 1. The maximum Gasteiger partial charge on any atom is 0.329 e. The van der Waals surface area contributed by atoms with E-state index in [4.69, 9.17) is 19.6 Å². The number of esters is 1. The third-order valence-electron chi connectivity index (χ3n) is 8.93. The number of carbonyl (C=O) groups is 1. The van der Waals surface area contributed by atoms with E-state index in [9.17, 15) is 13.2 Å². The number of nitrogens with zero attached hydrogens (tertiary/aromatic N) is 4. The standard InChI is InChI=1S/C38H42N6O6S/c1-43(2)33-16-8-15-31-30(33)14-9-17-34(31)51(47,48)42-28-13-7-12-27(24-28)32-25-40-38(39-19-22-50-23-21-45)41-36(32)44-20-18-29(35(44)37(46)49-3)26-10-5-4-6-11-26/h4-17,24-25,29,35,42,45H,18-23H2,1-3H3,(H,39,40,41). The molecule has 1 aromatic heterocycles. The number of aromatic nitrogens is 2. The van der Waals surface area contributed by atoms with Gasteiger partial charge in [0.2, 0.25) is 5.95 Å². The van der Waals surface area contributed by atoms with E-state index >= 15 is 0 Å². The summed E-state index contributed by atoms with van der Waals surface area (Å²) in [5.74, 6) is 0.310. The summed E-state index contributed by atoms with van der Waals surface area (Å²) in [7, 11) is 1.23.